The zero-order valence-electron chi connectivity index (χ0n) is 14.1. The maximum atomic E-state index is 13.3. The molecule has 2 aliphatic rings. The molecule has 0 atom stereocenters. The molecule has 134 valence electrons. The predicted molar refractivity (Wildman–Crippen MR) is 84.8 cm³/mol. The maximum Gasteiger partial charge on any atom is 0.194 e. The van der Waals surface area contributed by atoms with Crippen molar-refractivity contribution in [2.75, 3.05) is 13.2 Å². The number of halogens is 3. The van der Waals surface area contributed by atoms with Crippen molar-refractivity contribution >= 4 is 0 Å². The fourth-order valence-corrected chi connectivity index (χ4v) is 4.05. The second kappa shape index (κ2) is 7.87. The van der Waals surface area contributed by atoms with Gasteiger partial charge in [-0.2, -0.15) is 0 Å². The minimum absolute atomic E-state index is 0.191. The largest absolute Gasteiger partial charge is 0.348 e. The lowest BCUT2D eigenvalue weighted by atomic mass is 9.75. The number of hydrogen-bond donors (Lipinski definition) is 0. The summed E-state index contributed by atoms with van der Waals surface area (Å²) < 4.78 is 51.1. The van der Waals surface area contributed by atoms with Crippen molar-refractivity contribution in [3.05, 3.63) is 35.1 Å². The van der Waals surface area contributed by atoms with E-state index in [9.17, 15) is 13.2 Å². The average Bonchev–Trinajstić information content (AvgIpc) is 2.60. The molecular weight excluding hydrogens is 317 g/mol. The minimum Gasteiger partial charge on any atom is -0.348 e. The molecule has 1 aromatic rings. The Balaban J connectivity index is 1.53. The Bertz CT molecular complexity index is 525. The molecule has 1 saturated heterocycles. The molecule has 1 aliphatic heterocycles. The van der Waals surface area contributed by atoms with Gasteiger partial charge in [0.25, 0.3) is 0 Å². The Morgan fingerprint density at radius 2 is 1.50 bits per heavy atom. The van der Waals surface area contributed by atoms with Crippen LogP contribution in [0.15, 0.2) is 12.1 Å². The Morgan fingerprint density at radius 3 is 2.04 bits per heavy atom. The van der Waals surface area contributed by atoms with E-state index in [0.717, 1.165) is 18.1 Å². The van der Waals surface area contributed by atoms with E-state index in [4.69, 9.17) is 9.47 Å². The van der Waals surface area contributed by atoms with Crippen LogP contribution in [0.2, 0.25) is 0 Å². The van der Waals surface area contributed by atoms with Gasteiger partial charge in [0, 0.05) is 11.5 Å². The standard InChI is InChI=1S/C19H25F3O2/c1-2-3-12-4-6-13(7-5-12)15-10-23-19(24-11-15)14-8-16(20)18(22)17(21)9-14/h8-9,12-13,15,19H,2-7,10-11H2,1H3/t12-,13-,15?,19?. The van der Waals surface area contributed by atoms with Gasteiger partial charge in [0.1, 0.15) is 0 Å². The fraction of sp³-hybridized carbons (Fsp3) is 0.684. The van der Waals surface area contributed by atoms with Crippen molar-refractivity contribution in [2.45, 2.75) is 51.7 Å². The minimum atomic E-state index is -1.46. The molecule has 0 aromatic heterocycles. The highest BCUT2D eigenvalue weighted by Crippen LogP contribution is 2.38. The van der Waals surface area contributed by atoms with Gasteiger partial charge in [0.05, 0.1) is 13.2 Å². The van der Waals surface area contributed by atoms with Gasteiger partial charge in [-0.3, -0.25) is 0 Å². The summed E-state index contributed by atoms with van der Waals surface area (Å²) in [5.41, 5.74) is 0.191. The normalized spacial score (nSPS) is 31.2. The van der Waals surface area contributed by atoms with Crippen molar-refractivity contribution in [3.8, 4) is 0 Å². The third-order valence-electron chi connectivity index (χ3n) is 5.46. The zero-order chi connectivity index (χ0) is 17.1. The molecule has 1 aromatic carbocycles. The highest BCUT2D eigenvalue weighted by molar-refractivity contribution is 5.20. The van der Waals surface area contributed by atoms with Crippen LogP contribution in [0.1, 0.15) is 57.3 Å². The van der Waals surface area contributed by atoms with Crippen LogP contribution in [0.3, 0.4) is 0 Å². The summed E-state index contributed by atoms with van der Waals surface area (Å²) in [6.07, 6.45) is 6.69. The molecule has 2 fully saturated rings. The van der Waals surface area contributed by atoms with Crippen LogP contribution < -0.4 is 0 Å². The lowest BCUT2D eigenvalue weighted by Crippen LogP contribution is -2.34. The van der Waals surface area contributed by atoms with E-state index in [1.165, 1.54) is 38.5 Å². The first kappa shape index (κ1) is 17.7. The molecule has 0 spiro atoms. The molecule has 1 saturated carbocycles. The Labute approximate surface area is 141 Å². The van der Waals surface area contributed by atoms with Crippen LogP contribution in [-0.2, 0) is 9.47 Å². The summed E-state index contributed by atoms with van der Waals surface area (Å²) in [7, 11) is 0. The molecular formula is C19H25F3O2. The lowest BCUT2D eigenvalue weighted by molar-refractivity contribution is -0.215. The van der Waals surface area contributed by atoms with Crippen molar-refractivity contribution < 1.29 is 22.6 Å². The van der Waals surface area contributed by atoms with Crippen molar-refractivity contribution in [1.82, 2.24) is 0 Å². The van der Waals surface area contributed by atoms with Crippen molar-refractivity contribution in [2.24, 2.45) is 17.8 Å². The third kappa shape index (κ3) is 3.94. The second-order valence-corrected chi connectivity index (χ2v) is 7.13. The molecule has 0 radical (unpaired) electrons. The molecule has 0 amide bonds. The van der Waals surface area contributed by atoms with Crippen LogP contribution in [0.25, 0.3) is 0 Å². The highest BCUT2D eigenvalue weighted by atomic mass is 19.2. The summed E-state index contributed by atoms with van der Waals surface area (Å²) in [6, 6.07) is 1.89. The van der Waals surface area contributed by atoms with E-state index in [-0.39, 0.29) is 5.56 Å². The number of ether oxygens (including phenoxy) is 2. The molecule has 1 aliphatic carbocycles. The summed E-state index contributed by atoms with van der Waals surface area (Å²) in [4.78, 5) is 0. The number of rotatable bonds is 4. The van der Waals surface area contributed by atoms with E-state index in [2.05, 4.69) is 6.92 Å². The first-order valence-electron chi connectivity index (χ1n) is 8.96. The van der Waals surface area contributed by atoms with Crippen LogP contribution in [0.4, 0.5) is 13.2 Å². The van der Waals surface area contributed by atoms with Gasteiger partial charge in [-0.25, -0.2) is 13.2 Å². The average molecular weight is 342 g/mol. The molecule has 2 nitrogen and oxygen atoms in total. The molecule has 24 heavy (non-hydrogen) atoms. The third-order valence-corrected chi connectivity index (χ3v) is 5.46. The van der Waals surface area contributed by atoms with Gasteiger partial charge < -0.3 is 9.47 Å². The quantitative estimate of drug-likeness (QED) is 0.685. The van der Waals surface area contributed by atoms with E-state index < -0.39 is 23.7 Å². The summed E-state index contributed by atoms with van der Waals surface area (Å²) in [5.74, 6) is -2.10. The molecule has 0 bridgehead atoms. The monoisotopic (exact) mass is 342 g/mol. The first-order valence-corrected chi connectivity index (χ1v) is 8.96. The topological polar surface area (TPSA) is 18.5 Å². The van der Waals surface area contributed by atoms with E-state index in [1.807, 2.05) is 0 Å². The molecule has 3 rings (SSSR count). The fourth-order valence-electron chi connectivity index (χ4n) is 4.05. The SMILES string of the molecule is CCC[C@H]1CC[C@H](C2COC(c3cc(F)c(F)c(F)c3)OC2)CC1. The van der Waals surface area contributed by atoms with Gasteiger partial charge in [0.2, 0.25) is 0 Å². The molecule has 0 N–H and O–H groups in total. The Kier molecular flexibility index (Phi) is 5.82. The lowest BCUT2D eigenvalue weighted by Gasteiger charge is -2.37. The summed E-state index contributed by atoms with van der Waals surface area (Å²) in [6.45, 7) is 3.28. The highest BCUT2D eigenvalue weighted by Gasteiger charge is 2.32. The van der Waals surface area contributed by atoms with Crippen molar-refractivity contribution in [3.63, 3.8) is 0 Å². The zero-order valence-corrected chi connectivity index (χ0v) is 14.1. The Hall–Kier alpha value is -1.07. The van der Waals surface area contributed by atoms with Crippen LogP contribution in [0.5, 0.6) is 0 Å². The smallest absolute Gasteiger partial charge is 0.194 e. The predicted octanol–water partition coefficient (Wildman–Crippen LogP) is 5.37. The summed E-state index contributed by atoms with van der Waals surface area (Å²) >= 11 is 0. The van der Waals surface area contributed by atoms with Gasteiger partial charge in [0.15, 0.2) is 23.7 Å². The maximum absolute atomic E-state index is 13.3. The van der Waals surface area contributed by atoms with Crippen LogP contribution in [-0.4, -0.2) is 13.2 Å². The number of benzene rings is 1. The van der Waals surface area contributed by atoms with Crippen LogP contribution in [0, 0.1) is 35.2 Å². The van der Waals surface area contributed by atoms with E-state index in [0.29, 0.717) is 25.0 Å². The van der Waals surface area contributed by atoms with Gasteiger partial charge >= 0.3 is 0 Å². The first-order chi connectivity index (χ1) is 11.6. The molecule has 5 heteroatoms. The molecule has 0 unspecified atom stereocenters. The van der Waals surface area contributed by atoms with Crippen molar-refractivity contribution in [1.29, 1.82) is 0 Å². The van der Waals surface area contributed by atoms with E-state index >= 15 is 0 Å². The summed E-state index contributed by atoms with van der Waals surface area (Å²) in [5, 5.41) is 0. The Morgan fingerprint density at radius 1 is 0.917 bits per heavy atom. The number of hydrogen-bond acceptors (Lipinski definition) is 2. The second-order valence-electron chi connectivity index (χ2n) is 7.13. The van der Waals surface area contributed by atoms with E-state index in [1.54, 1.807) is 0 Å². The van der Waals surface area contributed by atoms with Crippen LogP contribution >= 0.6 is 0 Å². The van der Waals surface area contributed by atoms with Gasteiger partial charge in [-0.15, -0.1) is 0 Å². The molecule has 1 heterocycles. The van der Waals surface area contributed by atoms with Gasteiger partial charge in [-0.1, -0.05) is 32.6 Å². The van der Waals surface area contributed by atoms with Gasteiger partial charge in [-0.05, 0) is 36.8 Å².